The molecule has 3 rings (SSSR count). The average molecular weight is 260 g/mol. The predicted molar refractivity (Wildman–Crippen MR) is 68.8 cm³/mol. The molecule has 0 spiro atoms. The standard InChI is InChI=1S/C14H12O3S/c15-14(17-7-10-5-6-18-9-10)12-8-16-13-4-2-1-3-11(12)13/h1-6,9,12H,7-8H2. The number of fused-ring (bicyclic) bond motifs is 1. The van der Waals surface area contributed by atoms with Gasteiger partial charge in [-0.1, -0.05) is 18.2 Å². The molecule has 0 amide bonds. The predicted octanol–water partition coefficient (Wildman–Crippen LogP) is 2.97. The molecule has 0 radical (unpaired) electrons. The fourth-order valence-electron chi connectivity index (χ4n) is 1.99. The molecule has 4 heteroatoms. The number of rotatable bonds is 3. The summed E-state index contributed by atoms with van der Waals surface area (Å²) < 4.78 is 10.8. The number of ether oxygens (including phenoxy) is 2. The van der Waals surface area contributed by atoms with E-state index in [0.717, 1.165) is 16.9 Å². The van der Waals surface area contributed by atoms with E-state index in [9.17, 15) is 4.79 Å². The monoisotopic (exact) mass is 260 g/mol. The molecule has 3 nitrogen and oxygen atoms in total. The highest BCUT2D eigenvalue weighted by Gasteiger charge is 2.31. The van der Waals surface area contributed by atoms with Crippen LogP contribution in [0.4, 0.5) is 0 Å². The van der Waals surface area contributed by atoms with Gasteiger partial charge in [-0.3, -0.25) is 4.79 Å². The molecule has 1 atom stereocenters. The summed E-state index contributed by atoms with van der Waals surface area (Å²) in [5.41, 5.74) is 1.95. The van der Waals surface area contributed by atoms with Crippen molar-refractivity contribution in [1.29, 1.82) is 0 Å². The van der Waals surface area contributed by atoms with Crippen LogP contribution < -0.4 is 4.74 Å². The molecule has 1 aromatic carbocycles. The molecule has 0 bridgehead atoms. The number of hydrogen-bond acceptors (Lipinski definition) is 4. The van der Waals surface area contributed by atoms with Crippen LogP contribution in [0.2, 0.25) is 0 Å². The SMILES string of the molecule is O=C(OCc1ccsc1)C1COc2ccccc21. The lowest BCUT2D eigenvalue weighted by molar-refractivity contribution is -0.147. The van der Waals surface area contributed by atoms with E-state index in [2.05, 4.69) is 0 Å². The molecule has 0 fully saturated rings. The first-order valence-corrected chi connectivity index (χ1v) is 6.68. The minimum absolute atomic E-state index is 0.217. The van der Waals surface area contributed by atoms with Crippen molar-refractivity contribution in [3.05, 3.63) is 52.2 Å². The van der Waals surface area contributed by atoms with E-state index in [-0.39, 0.29) is 11.9 Å². The Kier molecular flexibility index (Phi) is 3.02. The molecular formula is C14H12O3S. The van der Waals surface area contributed by atoms with E-state index < -0.39 is 0 Å². The second-order valence-corrected chi connectivity index (χ2v) is 4.92. The van der Waals surface area contributed by atoms with Crippen LogP contribution >= 0.6 is 11.3 Å². The highest BCUT2D eigenvalue weighted by molar-refractivity contribution is 7.07. The van der Waals surface area contributed by atoms with E-state index in [1.807, 2.05) is 41.1 Å². The number of benzene rings is 1. The van der Waals surface area contributed by atoms with Crippen LogP contribution in [0, 0.1) is 0 Å². The van der Waals surface area contributed by atoms with Gasteiger partial charge in [0.1, 0.15) is 24.9 Å². The van der Waals surface area contributed by atoms with Crippen molar-refractivity contribution < 1.29 is 14.3 Å². The number of thiophene rings is 1. The first-order chi connectivity index (χ1) is 8.84. The third-order valence-corrected chi connectivity index (χ3v) is 3.68. The highest BCUT2D eigenvalue weighted by Crippen LogP contribution is 2.34. The zero-order valence-corrected chi connectivity index (χ0v) is 10.5. The zero-order chi connectivity index (χ0) is 12.4. The summed E-state index contributed by atoms with van der Waals surface area (Å²) in [6.07, 6.45) is 0. The number of carbonyl (C=O) groups excluding carboxylic acids is 1. The number of para-hydroxylation sites is 1. The van der Waals surface area contributed by atoms with Crippen molar-refractivity contribution in [2.45, 2.75) is 12.5 Å². The maximum Gasteiger partial charge on any atom is 0.317 e. The summed E-state index contributed by atoms with van der Waals surface area (Å²) in [6, 6.07) is 9.56. The lowest BCUT2D eigenvalue weighted by Gasteiger charge is -2.08. The van der Waals surface area contributed by atoms with Gasteiger partial charge in [0.25, 0.3) is 0 Å². The van der Waals surface area contributed by atoms with E-state index in [1.54, 1.807) is 11.3 Å². The molecule has 1 aliphatic rings. The van der Waals surface area contributed by atoms with Gasteiger partial charge in [0.05, 0.1) is 0 Å². The van der Waals surface area contributed by atoms with E-state index >= 15 is 0 Å². The molecule has 0 N–H and O–H groups in total. The molecule has 2 aromatic rings. The van der Waals surface area contributed by atoms with Crippen molar-refractivity contribution >= 4 is 17.3 Å². The molecule has 1 aromatic heterocycles. The maximum absolute atomic E-state index is 12.0. The molecular weight excluding hydrogens is 248 g/mol. The van der Waals surface area contributed by atoms with Crippen molar-refractivity contribution in [1.82, 2.24) is 0 Å². The van der Waals surface area contributed by atoms with Gasteiger partial charge in [0, 0.05) is 11.1 Å². The Labute approximate surface area is 109 Å². The Morgan fingerprint density at radius 3 is 3.11 bits per heavy atom. The van der Waals surface area contributed by atoms with Crippen LogP contribution in [-0.4, -0.2) is 12.6 Å². The first-order valence-electron chi connectivity index (χ1n) is 5.74. The lowest BCUT2D eigenvalue weighted by Crippen LogP contribution is -2.17. The van der Waals surface area contributed by atoms with Crippen molar-refractivity contribution in [2.24, 2.45) is 0 Å². The number of esters is 1. The summed E-state index contributed by atoms with van der Waals surface area (Å²) in [6.45, 7) is 0.711. The van der Waals surface area contributed by atoms with Crippen LogP contribution in [-0.2, 0) is 16.1 Å². The topological polar surface area (TPSA) is 35.5 Å². The quantitative estimate of drug-likeness (QED) is 0.796. The maximum atomic E-state index is 12.0. The second kappa shape index (κ2) is 4.82. The molecule has 1 aliphatic heterocycles. The van der Waals surface area contributed by atoms with E-state index in [4.69, 9.17) is 9.47 Å². The molecule has 0 saturated carbocycles. The summed E-state index contributed by atoms with van der Waals surface area (Å²) in [7, 11) is 0. The largest absolute Gasteiger partial charge is 0.492 e. The number of hydrogen-bond donors (Lipinski definition) is 0. The third-order valence-electron chi connectivity index (χ3n) is 2.95. The minimum atomic E-state index is -0.292. The summed E-state index contributed by atoms with van der Waals surface area (Å²) in [4.78, 5) is 12.0. The Bertz CT molecular complexity index is 548. The summed E-state index contributed by atoms with van der Waals surface area (Å²) in [5, 5.41) is 3.95. The zero-order valence-electron chi connectivity index (χ0n) is 9.67. The third kappa shape index (κ3) is 2.11. The highest BCUT2D eigenvalue weighted by atomic mass is 32.1. The Hall–Kier alpha value is -1.81. The van der Waals surface area contributed by atoms with Gasteiger partial charge in [-0.25, -0.2) is 0 Å². The van der Waals surface area contributed by atoms with Gasteiger partial charge in [-0.2, -0.15) is 11.3 Å². The molecule has 18 heavy (non-hydrogen) atoms. The smallest absolute Gasteiger partial charge is 0.317 e. The minimum Gasteiger partial charge on any atom is -0.492 e. The van der Waals surface area contributed by atoms with Gasteiger partial charge in [-0.15, -0.1) is 0 Å². The van der Waals surface area contributed by atoms with Gasteiger partial charge in [0.2, 0.25) is 0 Å². The first kappa shape index (κ1) is 11.3. The molecule has 0 saturated heterocycles. The average Bonchev–Trinajstić information content (AvgIpc) is 3.05. The van der Waals surface area contributed by atoms with Gasteiger partial charge < -0.3 is 9.47 Å². The fraction of sp³-hybridized carbons (Fsp3) is 0.214. The molecule has 1 unspecified atom stereocenters. The van der Waals surface area contributed by atoms with Crippen molar-refractivity contribution in [2.75, 3.05) is 6.61 Å². The van der Waals surface area contributed by atoms with Gasteiger partial charge in [-0.05, 0) is 22.9 Å². The fourth-order valence-corrected chi connectivity index (χ4v) is 2.64. The number of carbonyl (C=O) groups is 1. The van der Waals surface area contributed by atoms with Gasteiger partial charge >= 0.3 is 5.97 Å². The van der Waals surface area contributed by atoms with E-state index in [1.165, 1.54) is 0 Å². The Balaban J connectivity index is 1.67. The van der Waals surface area contributed by atoms with Gasteiger partial charge in [0.15, 0.2) is 0 Å². The second-order valence-electron chi connectivity index (χ2n) is 4.14. The summed E-state index contributed by atoms with van der Waals surface area (Å²) >= 11 is 1.60. The molecule has 92 valence electrons. The molecule has 2 heterocycles. The van der Waals surface area contributed by atoms with Crippen LogP contribution in [0.3, 0.4) is 0 Å². The molecule has 0 aliphatic carbocycles. The van der Waals surface area contributed by atoms with Crippen LogP contribution in [0.5, 0.6) is 5.75 Å². The Morgan fingerprint density at radius 1 is 1.39 bits per heavy atom. The lowest BCUT2D eigenvalue weighted by atomic mass is 10.0. The van der Waals surface area contributed by atoms with Crippen LogP contribution in [0.1, 0.15) is 17.0 Å². The Morgan fingerprint density at radius 2 is 2.28 bits per heavy atom. The van der Waals surface area contributed by atoms with Crippen LogP contribution in [0.15, 0.2) is 41.1 Å². The van der Waals surface area contributed by atoms with Crippen LogP contribution in [0.25, 0.3) is 0 Å². The van der Waals surface area contributed by atoms with Crippen molar-refractivity contribution in [3.8, 4) is 5.75 Å². The van der Waals surface area contributed by atoms with E-state index in [0.29, 0.717) is 13.2 Å². The van der Waals surface area contributed by atoms with Crippen molar-refractivity contribution in [3.63, 3.8) is 0 Å². The normalized spacial score (nSPS) is 17.0. The summed E-state index contributed by atoms with van der Waals surface area (Å²) in [5.74, 6) is 0.279.